The van der Waals surface area contributed by atoms with Crippen molar-refractivity contribution in [3.05, 3.63) is 78.9 Å². The SMILES string of the molecule is C=CCN(C(=O)C1N(CCCCCCO)C(=O)[C@@H]2[C@@H](C(=O)N(CC=C)c3ccc(OCC)cc3)[C@H]3CCC12O3)c1ccc(Cl)cc1. The molecule has 46 heavy (non-hydrogen) atoms. The maximum atomic E-state index is 14.7. The Morgan fingerprint density at radius 1 is 1.00 bits per heavy atom. The van der Waals surface area contributed by atoms with Gasteiger partial charge in [-0.25, -0.2) is 0 Å². The van der Waals surface area contributed by atoms with E-state index in [0.29, 0.717) is 61.0 Å². The normalized spacial score (nSPS) is 24.5. The monoisotopic (exact) mass is 649 g/mol. The van der Waals surface area contributed by atoms with Crippen LogP contribution in [-0.2, 0) is 19.1 Å². The van der Waals surface area contributed by atoms with Gasteiger partial charge in [-0.2, -0.15) is 0 Å². The number of anilines is 2. The molecule has 2 bridgehead atoms. The van der Waals surface area contributed by atoms with Crippen LogP contribution < -0.4 is 14.5 Å². The number of likely N-dealkylation sites (tertiary alicyclic amines) is 1. The van der Waals surface area contributed by atoms with Crippen LogP contribution in [0.3, 0.4) is 0 Å². The molecule has 2 unspecified atom stereocenters. The topological polar surface area (TPSA) is 99.6 Å². The van der Waals surface area contributed by atoms with Gasteiger partial charge >= 0.3 is 0 Å². The number of carbonyl (C=O) groups is 3. The van der Waals surface area contributed by atoms with E-state index in [2.05, 4.69) is 13.2 Å². The zero-order chi connectivity index (χ0) is 32.8. The molecule has 5 rings (SSSR count). The van der Waals surface area contributed by atoms with Crippen molar-refractivity contribution in [3.8, 4) is 5.75 Å². The number of carbonyl (C=O) groups excluding carboxylic acids is 3. The molecule has 3 aliphatic heterocycles. The third kappa shape index (κ3) is 6.33. The van der Waals surface area contributed by atoms with Crippen molar-refractivity contribution in [2.24, 2.45) is 11.8 Å². The molecule has 0 aliphatic carbocycles. The highest BCUT2D eigenvalue weighted by Crippen LogP contribution is 2.59. The van der Waals surface area contributed by atoms with Crippen molar-refractivity contribution in [2.75, 3.05) is 42.6 Å². The number of aliphatic hydroxyl groups is 1. The van der Waals surface area contributed by atoms with Crippen LogP contribution in [0.2, 0.25) is 5.02 Å². The van der Waals surface area contributed by atoms with Crippen LogP contribution in [-0.4, -0.2) is 78.3 Å². The summed E-state index contributed by atoms with van der Waals surface area (Å²) < 4.78 is 12.3. The molecule has 3 saturated heterocycles. The first kappa shape index (κ1) is 33.7. The lowest BCUT2D eigenvalue weighted by molar-refractivity contribution is -0.140. The Bertz CT molecular complexity index is 1420. The van der Waals surface area contributed by atoms with Gasteiger partial charge < -0.3 is 29.3 Å². The number of unbranched alkanes of at least 4 members (excludes halogenated alkanes) is 3. The number of rotatable bonds is 16. The van der Waals surface area contributed by atoms with E-state index in [0.717, 1.165) is 12.8 Å². The molecule has 10 heteroatoms. The molecule has 5 atom stereocenters. The number of fused-ring (bicyclic) bond motifs is 1. The summed E-state index contributed by atoms with van der Waals surface area (Å²) in [6.45, 7) is 11.1. The number of hydrogen-bond acceptors (Lipinski definition) is 6. The van der Waals surface area contributed by atoms with Crippen LogP contribution in [0.25, 0.3) is 0 Å². The van der Waals surface area contributed by atoms with Crippen molar-refractivity contribution < 1.29 is 29.0 Å². The maximum Gasteiger partial charge on any atom is 0.253 e. The highest BCUT2D eigenvalue weighted by Gasteiger charge is 2.74. The van der Waals surface area contributed by atoms with Gasteiger partial charge in [-0.3, -0.25) is 14.4 Å². The molecule has 9 nitrogen and oxygen atoms in total. The van der Waals surface area contributed by atoms with Gasteiger partial charge in [-0.1, -0.05) is 36.6 Å². The Labute approximate surface area is 276 Å². The number of nitrogens with zero attached hydrogens (tertiary/aromatic N) is 3. The molecule has 3 heterocycles. The summed E-state index contributed by atoms with van der Waals surface area (Å²) in [4.78, 5) is 48.6. The Morgan fingerprint density at radius 3 is 2.22 bits per heavy atom. The molecule has 3 fully saturated rings. The van der Waals surface area contributed by atoms with Crippen molar-refractivity contribution in [1.82, 2.24) is 4.90 Å². The predicted octanol–water partition coefficient (Wildman–Crippen LogP) is 5.40. The Balaban J connectivity index is 1.50. The number of benzene rings is 2. The number of halogens is 1. The van der Waals surface area contributed by atoms with Crippen molar-refractivity contribution in [2.45, 2.75) is 63.2 Å². The number of amides is 3. The molecule has 0 saturated carbocycles. The quantitative estimate of drug-likeness (QED) is 0.193. The van der Waals surface area contributed by atoms with Crippen LogP contribution in [0.4, 0.5) is 11.4 Å². The van der Waals surface area contributed by atoms with Gasteiger partial charge in [-0.15, -0.1) is 13.2 Å². The van der Waals surface area contributed by atoms with E-state index < -0.39 is 29.6 Å². The highest BCUT2D eigenvalue weighted by molar-refractivity contribution is 6.30. The predicted molar refractivity (Wildman–Crippen MR) is 179 cm³/mol. The zero-order valence-electron chi connectivity index (χ0n) is 26.5. The number of hydrogen-bond donors (Lipinski definition) is 1. The van der Waals surface area contributed by atoms with Gasteiger partial charge in [0, 0.05) is 42.6 Å². The lowest BCUT2D eigenvalue weighted by Crippen LogP contribution is -2.56. The molecule has 246 valence electrons. The number of ether oxygens (including phenoxy) is 2. The Morgan fingerprint density at radius 2 is 1.61 bits per heavy atom. The summed E-state index contributed by atoms with van der Waals surface area (Å²) in [5.41, 5.74) is 0.176. The average Bonchev–Trinajstić information content (AvgIpc) is 3.70. The fourth-order valence-corrected chi connectivity index (χ4v) is 7.57. The van der Waals surface area contributed by atoms with Crippen molar-refractivity contribution in [3.63, 3.8) is 0 Å². The van der Waals surface area contributed by atoms with Crippen molar-refractivity contribution in [1.29, 1.82) is 0 Å². The van der Waals surface area contributed by atoms with Crippen LogP contribution >= 0.6 is 11.6 Å². The highest BCUT2D eigenvalue weighted by atomic mass is 35.5. The van der Waals surface area contributed by atoms with Crippen LogP contribution in [0.15, 0.2) is 73.8 Å². The second kappa shape index (κ2) is 14.8. The van der Waals surface area contributed by atoms with Gasteiger partial charge in [-0.05, 0) is 81.1 Å². The lowest BCUT2D eigenvalue weighted by atomic mass is 9.70. The van der Waals surface area contributed by atoms with Gasteiger partial charge in [0.1, 0.15) is 17.4 Å². The summed E-state index contributed by atoms with van der Waals surface area (Å²) in [7, 11) is 0. The number of aliphatic hydroxyl groups excluding tert-OH is 1. The fraction of sp³-hybridized carbons (Fsp3) is 0.472. The minimum Gasteiger partial charge on any atom is -0.494 e. The van der Waals surface area contributed by atoms with E-state index in [9.17, 15) is 19.5 Å². The largest absolute Gasteiger partial charge is 0.494 e. The van der Waals surface area contributed by atoms with Gasteiger partial charge in [0.2, 0.25) is 11.8 Å². The van der Waals surface area contributed by atoms with Crippen LogP contribution in [0.1, 0.15) is 45.4 Å². The van der Waals surface area contributed by atoms with Gasteiger partial charge in [0.15, 0.2) is 0 Å². The van der Waals surface area contributed by atoms with Crippen LogP contribution in [0.5, 0.6) is 5.75 Å². The first-order chi connectivity index (χ1) is 22.3. The summed E-state index contributed by atoms with van der Waals surface area (Å²) in [5.74, 6) is -1.55. The summed E-state index contributed by atoms with van der Waals surface area (Å²) in [5, 5.41) is 9.78. The molecule has 1 spiro atoms. The Kier molecular flexibility index (Phi) is 10.9. The van der Waals surface area contributed by atoms with Gasteiger partial charge in [0.25, 0.3) is 5.91 Å². The molecule has 2 aromatic rings. The Hall–Kier alpha value is -3.66. The lowest BCUT2D eigenvalue weighted by Gasteiger charge is -2.37. The van der Waals surface area contributed by atoms with E-state index in [4.69, 9.17) is 21.1 Å². The first-order valence-electron chi connectivity index (χ1n) is 16.2. The minimum atomic E-state index is -1.13. The molecule has 3 aliphatic rings. The molecule has 3 amide bonds. The third-order valence-electron chi connectivity index (χ3n) is 9.38. The first-order valence-corrected chi connectivity index (χ1v) is 16.6. The van der Waals surface area contributed by atoms with Gasteiger partial charge in [0.05, 0.1) is 24.5 Å². The third-order valence-corrected chi connectivity index (χ3v) is 9.63. The fourth-order valence-electron chi connectivity index (χ4n) is 7.44. The molecular weight excluding hydrogens is 606 g/mol. The zero-order valence-corrected chi connectivity index (χ0v) is 27.2. The summed E-state index contributed by atoms with van der Waals surface area (Å²) in [6.07, 6.45) is 6.87. The second-order valence-electron chi connectivity index (χ2n) is 12.1. The second-order valence-corrected chi connectivity index (χ2v) is 12.5. The summed E-state index contributed by atoms with van der Waals surface area (Å²) in [6, 6.07) is 13.4. The molecule has 1 N–H and O–H groups in total. The van der Waals surface area contributed by atoms with E-state index in [1.165, 1.54) is 0 Å². The smallest absolute Gasteiger partial charge is 0.253 e. The maximum absolute atomic E-state index is 14.7. The average molecular weight is 650 g/mol. The van der Waals surface area contributed by atoms with E-state index >= 15 is 0 Å². The van der Waals surface area contributed by atoms with Crippen molar-refractivity contribution >= 4 is 40.7 Å². The molecule has 0 radical (unpaired) electrons. The van der Waals surface area contributed by atoms with E-state index in [1.54, 1.807) is 51.1 Å². The molecular formula is C36H44ClN3O6. The van der Waals surface area contributed by atoms with Crippen LogP contribution in [0, 0.1) is 11.8 Å². The summed E-state index contributed by atoms with van der Waals surface area (Å²) >= 11 is 6.16. The molecule has 2 aromatic carbocycles. The van der Waals surface area contributed by atoms with E-state index in [1.807, 2.05) is 31.2 Å². The van der Waals surface area contributed by atoms with E-state index in [-0.39, 0.29) is 37.4 Å². The standard InChI is InChI=1S/C36H44ClN3O6/c1-4-21-38(27-15-17-28(18-16-27)45-6-3)33(42)30-29-19-20-36(46-29)31(30)34(43)40(23-9-7-8-10-24-41)32(36)35(44)39(22-5-2)26-13-11-25(37)12-14-26/h4-5,11-18,29-32,41H,1-2,6-10,19-24H2,3H3/t29-,30+,31+,32?,36?/m1/s1. The minimum absolute atomic E-state index is 0.112. The molecule has 0 aromatic heterocycles.